The zero-order valence-electron chi connectivity index (χ0n) is 13.9. The summed E-state index contributed by atoms with van der Waals surface area (Å²) in [4.78, 5) is 12.2. The van der Waals surface area contributed by atoms with Gasteiger partial charge >= 0.3 is 5.91 Å². The summed E-state index contributed by atoms with van der Waals surface area (Å²) in [6, 6.07) is 10.7. The van der Waals surface area contributed by atoms with Crippen molar-refractivity contribution >= 4 is 55.0 Å². The average molecular weight is 482 g/mol. The van der Waals surface area contributed by atoms with Crippen LogP contribution in [0.5, 0.6) is 11.5 Å². The van der Waals surface area contributed by atoms with Crippen molar-refractivity contribution in [1.82, 2.24) is 5.43 Å². The first-order chi connectivity index (χ1) is 12.5. The van der Waals surface area contributed by atoms with Gasteiger partial charge in [-0.2, -0.15) is 5.10 Å². The molecule has 0 saturated heterocycles. The van der Waals surface area contributed by atoms with Crippen LogP contribution in [-0.2, 0) is 0 Å². The number of fused-ring (bicyclic) bond motifs is 1. The Kier molecular flexibility index (Phi) is 5.63. The second-order valence-corrected chi connectivity index (χ2v) is 7.05. The van der Waals surface area contributed by atoms with Gasteiger partial charge in [-0.3, -0.25) is 4.79 Å². The molecule has 0 aliphatic carbocycles. The number of carbonyl (C=O) groups excluding carboxylic acids is 1. The van der Waals surface area contributed by atoms with Gasteiger partial charge in [0.05, 0.1) is 20.4 Å². The molecule has 0 aliphatic rings. The summed E-state index contributed by atoms with van der Waals surface area (Å²) in [5.74, 6) is 0.795. The molecule has 0 radical (unpaired) electrons. The molecule has 0 aliphatic heterocycles. The number of benzene rings is 2. The highest BCUT2D eigenvalue weighted by atomic mass is 79.9. The number of hydrazone groups is 1. The zero-order valence-corrected chi connectivity index (χ0v) is 17.0. The summed E-state index contributed by atoms with van der Waals surface area (Å²) in [5.41, 5.74) is 3.72. The summed E-state index contributed by atoms with van der Waals surface area (Å²) in [5, 5.41) is 4.81. The van der Waals surface area contributed by atoms with Gasteiger partial charge in [0.2, 0.25) is 0 Å². The van der Waals surface area contributed by atoms with E-state index in [2.05, 4.69) is 42.4 Å². The Morgan fingerprint density at radius 1 is 1.12 bits per heavy atom. The third-order valence-corrected chi connectivity index (χ3v) is 4.50. The summed E-state index contributed by atoms with van der Waals surface area (Å²) in [6.07, 6.45) is 1.48. The quantitative estimate of drug-likeness (QED) is 0.422. The van der Waals surface area contributed by atoms with Gasteiger partial charge in [0.1, 0.15) is 5.58 Å². The predicted molar refractivity (Wildman–Crippen MR) is 106 cm³/mol. The van der Waals surface area contributed by atoms with Crippen LogP contribution in [-0.4, -0.2) is 26.3 Å². The Balaban J connectivity index is 1.79. The van der Waals surface area contributed by atoms with Crippen molar-refractivity contribution in [2.45, 2.75) is 0 Å². The smallest absolute Gasteiger partial charge is 0.307 e. The molecule has 1 heterocycles. The normalized spacial score (nSPS) is 11.1. The lowest BCUT2D eigenvalue weighted by molar-refractivity contribution is 0.0929. The number of hydrogen-bond donors (Lipinski definition) is 1. The Bertz CT molecular complexity index is 998. The number of nitrogens with zero attached hydrogens (tertiary/aromatic N) is 1. The molecule has 8 heteroatoms. The molecule has 2 aromatic carbocycles. The SMILES string of the molecule is COc1cc(Br)cc(/C=N/NC(=O)c2cc3cc(Br)ccc3o2)c1OC. The van der Waals surface area contributed by atoms with Crippen molar-refractivity contribution in [3.63, 3.8) is 0 Å². The highest BCUT2D eigenvalue weighted by Crippen LogP contribution is 2.33. The average Bonchev–Trinajstić information content (AvgIpc) is 3.04. The van der Waals surface area contributed by atoms with Crippen LogP contribution < -0.4 is 14.9 Å². The lowest BCUT2D eigenvalue weighted by Gasteiger charge is -2.10. The van der Waals surface area contributed by atoms with E-state index < -0.39 is 5.91 Å². The Morgan fingerprint density at radius 2 is 1.92 bits per heavy atom. The van der Waals surface area contributed by atoms with E-state index in [1.54, 1.807) is 31.4 Å². The molecular formula is C18H14Br2N2O4. The van der Waals surface area contributed by atoms with Crippen molar-refractivity contribution in [3.05, 3.63) is 56.7 Å². The lowest BCUT2D eigenvalue weighted by atomic mass is 10.2. The Hall–Kier alpha value is -2.32. The molecule has 0 spiro atoms. The van der Waals surface area contributed by atoms with Crippen LogP contribution in [0.15, 0.2) is 54.9 Å². The molecule has 0 bridgehead atoms. The Morgan fingerprint density at radius 3 is 2.65 bits per heavy atom. The highest BCUT2D eigenvalue weighted by Gasteiger charge is 2.13. The monoisotopic (exact) mass is 480 g/mol. The van der Waals surface area contributed by atoms with E-state index in [0.29, 0.717) is 22.6 Å². The lowest BCUT2D eigenvalue weighted by Crippen LogP contribution is -2.16. The fraction of sp³-hybridized carbons (Fsp3) is 0.111. The van der Waals surface area contributed by atoms with E-state index in [0.717, 1.165) is 14.3 Å². The van der Waals surface area contributed by atoms with Gasteiger partial charge in [-0.15, -0.1) is 0 Å². The van der Waals surface area contributed by atoms with Gasteiger partial charge in [-0.25, -0.2) is 5.43 Å². The molecule has 0 atom stereocenters. The number of nitrogens with one attached hydrogen (secondary N) is 1. The number of ether oxygens (including phenoxy) is 2. The molecule has 134 valence electrons. The van der Waals surface area contributed by atoms with Crippen molar-refractivity contribution in [2.75, 3.05) is 14.2 Å². The molecule has 3 rings (SSSR count). The van der Waals surface area contributed by atoms with Crippen molar-refractivity contribution in [3.8, 4) is 11.5 Å². The first kappa shape index (κ1) is 18.5. The second-order valence-electron chi connectivity index (χ2n) is 5.22. The van der Waals surface area contributed by atoms with Gasteiger partial charge in [0.25, 0.3) is 0 Å². The molecule has 0 saturated carbocycles. The summed E-state index contributed by atoms with van der Waals surface area (Å²) in [7, 11) is 3.08. The topological polar surface area (TPSA) is 73.1 Å². The van der Waals surface area contributed by atoms with Gasteiger partial charge in [-0.05, 0) is 36.4 Å². The van der Waals surface area contributed by atoms with Crippen molar-refractivity contribution < 1.29 is 18.7 Å². The molecule has 3 aromatic rings. The number of methoxy groups -OCH3 is 2. The van der Waals surface area contributed by atoms with E-state index in [1.807, 2.05) is 12.1 Å². The number of rotatable bonds is 5. The molecule has 1 amide bonds. The fourth-order valence-corrected chi connectivity index (χ4v) is 3.23. The van der Waals surface area contributed by atoms with Crippen LogP contribution in [0.25, 0.3) is 11.0 Å². The predicted octanol–water partition coefficient (Wildman–Crippen LogP) is 4.74. The van der Waals surface area contributed by atoms with E-state index >= 15 is 0 Å². The molecule has 1 N–H and O–H groups in total. The van der Waals surface area contributed by atoms with Crippen LogP contribution in [0.3, 0.4) is 0 Å². The molecule has 0 unspecified atom stereocenters. The van der Waals surface area contributed by atoms with Crippen molar-refractivity contribution in [1.29, 1.82) is 0 Å². The van der Waals surface area contributed by atoms with Crippen molar-refractivity contribution in [2.24, 2.45) is 5.10 Å². The minimum Gasteiger partial charge on any atom is -0.493 e. The summed E-state index contributed by atoms with van der Waals surface area (Å²) < 4.78 is 17.9. The molecule has 0 fully saturated rings. The number of furan rings is 1. The summed E-state index contributed by atoms with van der Waals surface area (Å²) >= 11 is 6.78. The van der Waals surface area contributed by atoms with Gasteiger partial charge in [0.15, 0.2) is 17.3 Å². The number of carbonyl (C=O) groups is 1. The maximum atomic E-state index is 12.2. The second kappa shape index (κ2) is 7.92. The van der Waals surface area contributed by atoms with Gasteiger partial charge < -0.3 is 13.9 Å². The van der Waals surface area contributed by atoms with E-state index in [4.69, 9.17) is 13.9 Å². The number of hydrogen-bond acceptors (Lipinski definition) is 5. The zero-order chi connectivity index (χ0) is 18.7. The first-order valence-electron chi connectivity index (χ1n) is 7.46. The van der Waals surface area contributed by atoms with E-state index in [-0.39, 0.29) is 5.76 Å². The number of halogens is 2. The van der Waals surface area contributed by atoms with Gasteiger partial charge in [-0.1, -0.05) is 31.9 Å². The standard InChI is InChI=1S/C18H14Br2N2O4/c1-24-15-8-13(20)6-11(17(15)25-2)9-21-22-18(23)16-7-10-5-12(19)3-4-14(10)26-16/h3-9H,1-2H3,(H,22,23)/b21-9+. The molecule has 26 heavy (non-hydrogen) atoms. The molecule has 1 aromatic heterocycles. The van der Waals surface area contributed by atoms with Crippen LogP contribution in [0, 0.1) is 0 Å². The maximum absolute atomic E-state index is 12.2. The van der Waals surface area contributed by atoms with E-state index in [1.165, 1.54) is 13.3 Å². The largest absolute Gasteiger partial charge is 0.493 e. The number of amides is 1. The first-order valence-corrected chi connectivity index (χ1v) is 9.04. The highest BCUT2D eigenvalue weighted by molar-refractivity contribution is 9.10. The Labute approximate surface area is 166 Å². The maximum Gasteiger partial charge on any atom is 0.307 e. The molecular weight excluding hydrogens is 468 g/mol. The minimum atomic E-state index is -0.450. The molecule has 6 nitrogen and oxygen atoms in total. The van der Waals surface area contributed by atoms with Crippen LogP contribution in [0.1, 0.15) is 16.1 Å². The third-order valence-electron chi connectivity index (χ3n) is 3.54. The fourth-order valence-electron chi connectivity index (χ4n) is 2.40. The van der Waals surface area contributed by atoms with Crippen LogP contribution in [0.2, 0.25) is 0 Å². The minimum absolute atomic E-state index is 0.175. The van der Waals surface area contributed by atoms with Crippen LogP contribution >= 0.6 is 31.9 Å². The van der Waals surface area contributed by atoms with Gasteiger partial charge in [0, 0.05) is 19.9 Å². The third kappa shape index (κ3) is 3.91. The summed E-state index contributed by atoms with van der Waals surface area (Å²) in [6.45, 7) is 0. The van der Waals surface area contributed by atoms with E-state index in [9.17, 15) is 4.79 Å². The van der Waals surface area contributed by atoms with Crippen LogP contribution in [0.4, 0.5) is 0 Å².